The van der Waals surface area contributed by atoms with Crippen molar-refractivity contribution in [2.24, 2.45) is 17.8 Å². The van der Waals surface area contributed by atoms with Gasteiger partial charge in [-0.1, -0.05) is 12.2 Å². The highest BCUT2D eigenvalue weighted by Gasteiger charge is 2.53. The van der Waals surface area contributed by atoms with Gasteiger partial charge in [0, 0.05) is 17.4 Å². The molecule has 3 aliphatic carbocycles. The fourth-order valence-corrected chi connectivity index (χ4v) is 3.95. The van der Waals surface area contributed by atoms with Gasteiger partial charge in [-0.05, 0) is 42.0 Å². The first-order valence-electron chi connectivity index (χ1n) is 6.20. The second-order valence-electron chi connectivity index (χ2n) is 5.32. The van der Waals surface area contributed by atoms with Gasteiger partial charge < -0.3 is 4.74 Å². The fraction of sp³-hybridized carbons (Fsp3) is 0.400. The number of fused-ring (bicyclic) bond motifs is 7. The van der Waals surface area contributed by atoms with E-state index in [-0.39, 0.29) is 5.92 Å². The highest BCUT2D eigenvalue weighted by Crippen LogP contribution is 2.58. The number of Topliss-reactive ketones (excluding diaryl/α,β-unsaturated/α-hetero) is 1. The number of rotatable bonds is 1. The van der Waals surface area contributed by atoms with Gasteiger partial charge in [0.15, 0.2) is 5.78 Å². The molecule has 0 amide bonds. The van der Waals surface area contributed by atoms with E-state index in [0.717, 1.165) is 17.7 Å². The van der Waals surface area contributed by atoms with E-state index in [1.165, 1.54) is 5.56 Å². The quantitative estimate of drug-likeness (QED) is 0.688. The number of hydrogen-bond acceptors (Lipinski definition) is 2. The van der Waals surface area contributed by atoms with Gasteiger partial charge in [0.25, 0.3) is 0 Å². The minimum atomic E-state index is 0.215. The van der Waals surface area contributed by atoms with E-state index >= 15 is 0 Å². The zero-order valence-electron chi connectivity index (χ0n) is 9.72. The van der Waals surface area contributed by atoms with Gasteiger partial charge in [0.2, 0.25) is 0 Å². The molecule has 0 radical (unpaired) electrons. The molecule has 1 saturated carbocycles. The number of methoxy groups -OCH3 is 1. The molecular formula is C15H14O2. The summed E-state index contributed by atoms with van der Waals surface area (Å²) in [5.74, 6) is 2.90. The monoisotopic (exact) mass is 226 g/mol. The normalized spacial score (nSPS) is 36.2. The maximum atomic E-state index is 12.4. The predicted molar refractivity (Wildman–Crippen MR) is 64.3 cm³/mol. The molecule has 2 heteroatoms. The van der Waals surface area contributed by atoms with E-state index in [9.17, 15) is 4.79 Å². The number of carbonyl (C=O) groups is 1. The zero-order chi connectivity index (χ0) is 11.6. The summed E-state index contributed by atoms with van der Waals surface area (Å²) in [4.78, 5) is 12.4. The predicted octanol–water partition coefficient (Wildman–Crippen LogP) is 2.80. The molecule has 1 fully saturated rings. The lowest BCUT2D eigenvalue weighted by atomic mass is 9.83. The highest BCUT2D eigenvalue weighted by molar-refractivity contribution is 6.04. The van der Waals surface area contributed by atoms with E-state index in [0.29, 0.717) is 23.5 Å². The maximum absolute atomic E-state index is 12.4. The molecule has 0 aromatic heterocycles. The molecule has 17 heavy (non-hydrogen) atoms. The van der Waals surface area contributed by atoms with Crippen molar-refractivity contribution in [3.05, 3.63) is 41.5 Å². The van der Waals surface area contributed by atoms with E-state index < -0.39 is 0 Å². The van der Waals surface area contributed by atoms with E-state index in [1.54, 1.807) is 7.11 Å². The molecule has 1 aromatic carbocycles. The Labute approximate surface area is 100 Å². The average molecular weight is 226 g/mol. The lowest BCUT2D eigenvalue weighted by molar-refractivity contribution is 0.0911. The summed E-state index contributed by atoms with van der Waals surface area (Å²) in [6.45, 7) is 0. The van der Waals surface area contributed by atoms with Crippen molar-refractivity contribution in [2.45, 2.75) is 12.3 Å². The first-order chi connectivity index (χ1) is 8.29. The van der Waals surface area contributed by atoms with Crippen LogP contribution in [0.5, 0.6) is 5.75 Å². The van der Waals surface area contributed by atoms with Crippen molar-refractivity contribution < 1.29 is 9.53 Å². The number of benzene rings is 1. The summed E-state index contributed by atoms with van der Waals surface area (Å²) in [7, 11) is 1.68. The smallest absolute Gasteiger partial charge is 0.167 e. The molecule has 86 valence electrons. The van der Waals surface area contributed by atoms with Crippen LogP contribution < -0.4 is 4.74 Å². The lowest BCUT2D eigenvalue weighted by Crippen LogP contribution is -2.18. The Morgan fingerprint density at radius 3 is 2.71 bits per heavy atom. The Morgan fingerprint density at radius 1 is 1.18 bits per heavy atom. The van der Waals surface area contributed by atoms with Crippen LogP contribution in [0.4, 0.5) is 0 Å². The number of hydrogen-bond donors (Lipinski definition) is 0. The van der Waals surface area contributed by atoms with Crippen LogP contribution in [-0.2, 0) is 0 Å². The van der Waals surface area contributed by atoms with Crippen LogP contribution in [0.1, 0.15) is 28.3 Å². The number of carbonyl (C=O) groups excluding carboxylic acids is 1. The molecule has 4 unspecified atom stereocenters. The van der Waals surface area contributed by atoms with Gasteiger partial charge in [0.1, 0.15) is 5.75 Å². The molecular weight excluding hydrogens is 212 g/mol. The molecule has 0 saturated heterocycles. The van der Waals surface area contributed by atoms with Crippen LogP contribution >= 0.6 is 0 Å². The van der Waals surface area contributed by atoms with Crippen molar-refractivity contribution in [2.75, 3.05) is 7.11 Å². The Bertz CT molecular complexity index is 544. The van der Waals surface area contributed by atoms with E-state index in [1.807, 2.05) is 12.1 Å². The third-order valence-corrected chi connectivity index (χ3v) is 4.65. The minimum Gasteiger partial charge on any atom is -0.497 e. The van der Waals surface area contributed by atoms with Gasteiger partial charge >= 0.3 is 0 Å². The molecule has 2 bridgehead atoms. The van der Waals surface area contributed by atoms with E-state index in [2.05, 4.69) is 18.2 Å². The third kappa shape index (κ3) is 1.03. The van der Waals surface area contributed by atoms with E-state index in [4.69, 9.17) is 4.74 Å². The second-order valence-corrected chi connectivity index (χ2v) is 5.32. The maximum Gasteiger partial charge on any atom is 0.167 e. The second kappa shape index (κ2) is 3.00. The Morgan fingerprint density at radius 2 is 1.94 bits per heavy atom. The highest BCUT2D eigenvalue weighted by atomic mass is 16.5. The van der Waals surface area contributed by atoms with Crippen LogP contribution in [0.3, 0.4) is 0 Å². The summed E-state index contributed by atoms with van der Waals surface area (Å²) < 4.78 is 5.27. The Hall–Kier alpha value is -1.57. The standard InChI is InChI=1S/C15H14O2/c1-17-10-4-5-11-12(7-10)13-8-2-3-9(6-8)14(13)15(11)16/h2-5,7-9,13-14H,6H2,1H3. The van der Waals surface area contributed by atoms with Crippen LogP contribution in [-0.4, -0.2) is 12.9 Å². The van der Waals surface area contributed by atoms with Gasteiger partial charge in [-0.2, -0.15) is 0 Å². The molecule has 0 aliphatic heterocycles. The van der Waals surface area contributed by atoms with Gasteiger partial charge in [-0.15, -0.1) is 0 Å². The summed E-state index contributed by atoms with van der Waals surface area (Å²) in [5, 5.41) is 0. The van der Waals surface area contributed by atoms with Crippen LogP contribution in [0.15, 0.2) is 30.4 Å². The number of ketones is 1. The van der Waals surface area contributed by atoms with Crippen molar-refractivity contribution in [3.63, 3.8) is 0 Å². The minimum absolute atomic E-state index is 0.215. The first-order valence-corrected chi connectivity index (χ1v) is 6.20. The Balaban J connectivity index is 1.90. The van der Waals surface area contributed by atoms with Crippen LogP contribution in [0.25, 0.3) is 0 Å². The van der Waals surface area contributed by atoms with Gasteiger partial charge in [-0.25, -0.2) is 0 Å². The summed E-state index contributed by atoms with van der Waals surface area (Å²) in [6, 6.07) is 5.90. The molecule has 2 nitrogen and oxygen atoms in total. The van der Waals surface area contributed by atoms with Crippen LogP contribution in [0, 0.1) is 17.8 Å². The van der Waals surface area contributed by atoms with Crippen LogP contribution in [0.2, 0.25) is 0 Å². The molecule has 0 N–H and O–H groups in total. The Kier molecular flexibility index (Phi) is 1.67. The third-order valence-electron chi connectivity index (χ3n) is 4.65. The summed E-state index contributed by atoms with van der Waals surface area (Å²) in [5.41, 5.74) is 2.15. The lowest BCUT2D eigenvalue weighted by Gasteiger charge is -2.19. The fourth-order valence-electron chi connectivity index (χ4n) is 3.95. The van der Waals surface area contributed by atoms with Crippen molar-refractivity contribution in [1.29, 1.82) is 0 Å². The van der Waals surface area contributed by atoms with Crippen molar-refractivity contribution in [1.82, 2.24) is 0 Å². The van der Waals surface area contributed by atoms with Crippen molar-refractivity contribution in [3.8, 4) is 5.75 Å². The topological polar surface area (TPSA) is 26.3 Å². The SMILES string of the molecule is COc1ccc2c(c1)C1C3C=CC(C3)C1C2=O. The molecule has 0 heterocycles. The number of allylic oxidation sites excluding steroid dienone is 2. The number of ether oxygens (including phenoxy) is 1. The molecule has 4 rings (SSSR count). The zero-order valence-corrected chi connectivity index (χ0v) is 9.72. The summed E-state index contributed by atoms with van der Waals surface area (Å²) >= 11 is 0. The largest absolute Gasteiger partial charge is 0.497 e. The summed E-state index contributed by atoms with van der Waals surface area (Å²) in [6.07, 6.45) is 5.71. The molecule has 0 spiro atoms. The first kappa shape index (κ1) is 9.46. The average Bonchev–Trinajstić information content (AvgIpc) is 3.02. The molecule has 3 aliphatic rings. The van der Waals surface area contributed by atoms with Crippen molar-refractivity contribution >= 4 is 5.78 Å². The van der Waals surface area contributed by atoms with Gasteiger partial charge in [0.05, 0.1) is 7.11 Å². The van der Waals surface area contributed by atoms with Gasteiger partial charge in [-0.3, -0.25) is 4.79 Å². The molecule has 4 atom stereocenters. The molecule has 1 aromatic rings.